The van der Waals surface area contributed by atoms with Gasteiger partial charge in [0.05, 0.1) is 0 Å². The molecule has 0 nitrogen and oxygen atoms in total. The van der Waals surface area contributed by atoms with Crippen molar-refractivity contribution in [2.24, 2.45) is 0 Å². The second-order valence-electron chi connectivity index (χ2n) is 3.27. The van der Waals surface area contributed by atoms with E-state index in [0.29, 0.717) is 0 Å². The molecule has 0 radical (unpaired) electrons. The average molecular weight is 172 g/mol. The Hall–Kier alpha value is -1.30. The molecule has 0 aliphatic heterocycles. The molecule has 1 aromatic rings. The highest BCUT2D eigenvalue weighted by atomic mass is 14.0. The van der Waals surface area contributed by atoms with Gasteiger partial charge in [0.25, 0.3) is 0 Å². The lowest BCUT2D eigenvalue weighted by Gasteiger charge is -2.01. The van der Waals surface area contributed by atoms with Gasteiger partial charge >= 0.3 is 0 Å². The van der Waals surface area contributed by atoms with Crippen LogP contribution >= 0.6 is 0 Å². The monoisotopic (exact) mass is 172 g/mol. The van der Waals surface area contributed by atoms with E-state index in [-0.39, 0.29) is 0 Å². The minimum absolute atomic E-state index is 1.03. The first-order chi connectivity index (χ1) is 6.16. The van der Waals surface area contributed by atoms with Gasteiger partial charge in [0, 0.05) is 0 Å². The number of rotatable bonds is 2. The Morgan fingerprint density at radius 3 is 2.69 bits per heavy atom. The van der Waals surface area contributed by atoms with E-state index in [4.69, 9.17) is 0 Å². The predicted octanol–water partition coefficient (Wildman–Crippen LogP) is 2.32. The summed E-state index contributed by atoms with van der Waals surface area (Å²) >= 11 is 0. The molecule has 1 rings (SSSR count). The first-order valence-corrected chi connectivity index (χ1v) is 4.61. The lowest BCUT2D eigenvalue weighted by Crippen LogP contribution is -2.26. The van der Waals surface area contributed by atoms with E-state index in [1.807, 2.05) is 19.1 Å². The van der Waals surface area contributed by atoms with Crippen LogP contribution in [0.2, 0.25) is 0 Å². The van der Waals surface area contributed by atoms with E-state index >= 15 is 0 Å². The van der Waals surface area contributed by atoms with E-state index in [9.17, 15) is 0 Å². The van der Waals surface area contributed by atoms with Crippen molar-refractivity contribution in [2.75, 3.05) is 0 Å². The summed E-state index contributed by atoms with van der Waals surface area (Å²) in [4.78, 5) is 0. The fourth-order valence-electron chi connectivity index (χ4n) is 1.43. The maximum Gasteiger partial charge on any atom is -0.0155 e. The molecule has 0 unspecified atom stereocenters. The summed E-state index contributed by atoms with van der Waals surface area (Å²) in [6, 6.07) is 6.16. The highest BCUT2D eigenvalue weighted by Crippen LogP contribution is 2.03. The van der Waals surface area contributed by atoms with Crippen molar-refractivity contribution in [3.05, 3.63) is 40.8 Å². The molecule has 0 heteroatoms. The first-order valence-electron chi connectivity index (χ1n) is 4.61. The molecular weight excluding hydrogens is 156 g/mol. The fourth-order valence-corrected chi connectivity index (χ4v) is 1.43. The van der Waals surface area contributed by atoms with Crippen molar-refractivity contribution < 1.29 is 0 Å². The van der Waals surface area contributed by atoms with Gasteiger partial charge in [-0.15, -0.1) is 0 Å². The summed E-state index contributed by atoms with van der Waals surface area (Å²) < 4.78 is 0. The number of benzene rings is 1. The van der Waals surface area contributed by atoms with Crippen LogP contribution in [0.25, 0.3) is 18.2 Å². The van der Waals surface area contributed by atoms with Gasteiger partial charge in [-0.1, -0.05) is 49.9 Å². The standard InChI is InChI=1S/C13H16/c1-5-7-13-11(4)8-6-9-12(13)10(2)3/h6-9H,2,4-5H2,1,3H3/b13-7+. The topological polar surface area (TPSA) is 0 Å². The van der Waals surface area contributed by atoms with E-state index < -0.39 is 0 Å². The molecule has 0 amide bonds. The smallest absolute Gasteiger partial charge is 0.0155 e. The Morgan fingerprint density at radius 1 is 1.46 bits per heavy atom. The molecule has 0 bridgehead atoms. The molecule has 0 aromatic heterocycles. The zero-order chi connectivity index (χ0) is 9.84. The zero-order valence-electron chi connectivity index (χ0n) is 8.43. The van der Waals surface area contributed by atoms with Gasteiger partial charge in [-0.25, -0.2) is 0 Å². The van der Waals surface area contributed by atoms with Crippen LogP contribution in [0.4, 0.5) is 0 Å². The van der Waals surface area contributed by atoms with Crippen LogP contribution in [0.15, 0.2) is 24.8 Å². The van der Waals surface area contributed by atoms with E-state index in [1.165, 1.54) is 10.8 Å². The van der Waals surface area contributed by atoms with Crippen LogP contribution in [0.5, 0.6) is 0 Å². The Kier molecular flexibility index (Phi) is 3.07. The van der Waals surface area contributed by atoms with Gasteiger partial charge < -0.3 is 0 Å². The average Bonchev–Trinajstić information content (AvgIpc) is 2.08. The van der Waals surface area contributed by atoms with Crippen LogP contribution in [0.3, 0.4) is 0 Å². The Morgan fingerprint density at radius 2 is 2.15 bits per heavy atom. The lowest BCUT2D eigenvalue weighted by atomic mass is 10.0. The normalized spacial score (nSPS) is 11.7. The minimum atomic E-state index is 1.03. The summed E-state index contributed by atoms with van der Waals surface area (Å²) in [7, 11) is 0. The Balaban J connectivity index is 3.53. The summed E-state index contributed by atoms with van der Waals surface area (Å²) in [6.45, 7) is 12.1. The lowest BCUT2D eigenvalue weighted by molar-refractivity contribution is 1.27. The van der Waals surface area contributed by atoms with E-state index in [1.54, 1.807) is 0 Å². The van der Waals surface area contributed by atoms with Gasteiger partial charge in [0.2, 0.25) is 0 Å². The molecule has 0 aliphatic rings. The van der Waals surface area contributed by atoms with Crippen LogP contribution in [0.1, 0.15) is 25.8 Å². The Bertz CT molecular complexity index is 410. The van der Waals surface area contributed by atoms with Crippen LogP contribution in [0, 0.1) is 0 Å². The van der Waals surface area contributed by atoms with Gasteiger partial charge in [0.1, 0.15) is 0 Å². The molecule has 0 atom stereocenters. The molecule has 0 saturated carbocycles. The second-order valence-corrected chi connectivity index (χ2v) is 3.27. The van der Waals surface area contributed by atoms with Gasteiger partial charge in [-0.05, 0) is 29.3 Å². The largest absolute Gasteiger partial charge is 0.0955 e. The summed E-state index contributed by atoms with van der Waals surface area (Å²) in [5, 5.41) is 2.32. The summed E-state index contributed by atoms with van der Waals surface area (Å²) in [5.41, 5.74) is 2.32. The molecule has 0 N–H and O–H groups in total. The van der Waals surface area contributed by atoms with Gasteiger partial charge in [0.15, 0.2) is 0 Å². The summed E-state index contributed by atoms with van der Waals surface area (Å²) in [6.07, 6.45) is 3.24. The van der Waals surface area contributed by atoms with Crippen LogP contribution in [-0.2, 0) is 0 Å². The van der Waals surface area contributed by atoms with Crippen molar-refractivity contribution >= 4 is 18.2 Å². The maximum atomic E-state index is 4.01. The molecule has 0 saturated heterocycles. The van der Waals surface area contributed by atoms with Crippen LogP contribution < -0.4 is 10.4 Å². The maximum absolute atomic E-state index is 4.01. The zero-order valence-corrected chi connectivity index (χ0v) is 8.43. The molecule has 0 aliphatic carbocycles. The summed E-state index contributed by atoms with van der Waals surface area (Å²) in [5.74, 6) is 0. The fraction of sp³-hybridized carbons (Fsp3) is 0.231. The molecule has 68 valence electrons. The van der Waals surface area contributed by atoms with E-state index in [0.717, 1.165) is 17.2 Å². The predicted molar refractivity (Wildman–Crippen MR) is 60.7 cm³/mol. The minimum Gasteiger partial charge on any atom is -0.0955 e. The molecule has 0 heterocycles. The van der Waals surface area contributed by atoms with Crippen molar-refractivity contribution in [3.63, 3.8) is 0 Å². The highest BCUT2D eigenvalue weighted by Gasteiger charge is 1.94. The SMILES string of the molecule is C=C(C)c1cccc(=C)/c1=C\CC. The molecule has 0 fully saturated rings. The molecule has 1 aromatic carbocycles. The van der Waals surface area contributed by atoms with E-state index in [2.05, 4.69) is 32.2 Å². The van der Waals surface area contributed by atoms with Crippen molar-refractivity contribution in [1.82, 2.24) is 0 Å². The molecular formula is C13H16. The Labute approximate surface area is 79.9 Å². The third-order valence-corrected chi connectivity index (χ3v) is 2.06. The van der Waals surface area contributed by atoms with Crippen molar-refractivity contribution in [3.8, 4) is 0 Å². The van der Waals surface area contributed by atoms with Crippen molar-refractivity contribution in [2.45, 2.75) is 20.3 Å². The number of hydrogen-bond donors (Lipinski definition) is 0. The first kappa shape index (κ1) is 9.79. The quantitative estimate of drug-likeness (QED) is 0.642. The molecule has 0 spiro atoms. The molecule has 13 heavy (non-hydrogen) atoms. The van der Waals surface area contributed by atoms with Crippen LogP contribution in [-0.4, -0.2) is 0 Å². The number of hydrogen-bond acceptors (Lipinski definition) is 0. The third kappa shape index (κ3) is 2.09. The highest BCUT2D eigenvalue weighted by molar-refractivity contribution is 5.63. The third-order valence-electron chi connectivity index (χ3n) is 2.06. The van der Waals surface area contributed by atoms with Gasteiger partial charge in [-0.2, -0.15) is 0 Å². The van der Waals surface area contributed by atoms with Crippen molar-refractivity contribution in [1.29, 1.82) is 0 Å². The van der Waals surface area contributed by atoms with Gasteiger partial charge in [-0.3, -0.25) is 0 Å². The number of allylic oxidation sites excluding steroid dienone is 1. The second kappa shape index (κ2) is 4.08.